The molecule has 22 rings (SSSR count). The number of carbonyl (C=O) groups is 6. The van der Waals surface area contributed by atoms with Gasteiger partial charge in [-0.3, -0.25) is 0 Å². The van der Waals surface area contributed by atoms with Gasteiger partial charge in [-0.2, -0.15) is 0 Å². The Morgan fingerprint density at radius 1 is 0.211 bits per heavy atom. The van der Waals surface area contributed by atoms with Crippen molar-refractivity contribution in [3.63, 3.8) is 0 Å². The van der Waals surface area contributed by atoms with Crippen LogP contribution in [0, 0.1) is 0 Å². The average molecular weight is 1320 g/mol. The van der Waals surface area contributed by atoms with Crippen molar-refractivity contribution in [2.24, 2.45) is 0 Å². The maximum absolute atomic E-state index is 11.8. The Balaban J connectivity index is 1.30. The summed E-state index contributed by atoms with van der Waals surface area (Å²) in [5.41, 5.74) is 0. The highest BCUT2D eigenvalue weighted by atomic mass is 16.8. The summed E-state index contributed by atoms with van der Waals surface area (Å²) in [7, 11) is 0. The molecule has 30 atom stereocenters. The molecule has 0 aromatic carbocycles. The summed E-state index contributed by atoms with van der Waals surface area (Å²) in [4.78, 5) is 69.4. The normalized spacial score (nSPS) is 43.5. The Bertz CT molecular complexity index is 1940. The fourth-order valence-electron chi connectivity index (χ4n) is 10.4. The third-order valence-electron chi connectivity index (χ3n) is 14.6. The molecule has 42 heteroatoms. The summed E-state index contributed by atoms with van der Waals surface area (Å²) in [5.74, 6) is -9.34. The Hall–Kier alpha value is -4.38. The fraction of sp³-hybridized carbons (Fsp3) is 0.875. The largest absolute Gasteiger partial charge is 0.480 e. The van der Waals surface area contributed by atoms with E-state index in [2.05, 4.69) is 0 Å². The Kier molecular flexibility index (Phi) is 26.9. The van der Waals surface area contributed by atoms with Crippen LogP contribution in [0.2, 0.25) is 0 Å². The number of aliphatic hydroxyl groups excluding tert-OH is 12. The molecule has 0 aromatic rings. The molecule has 0 saturated carbocycles. The number of aliphatic hydroxyl groups is 12. The van der Waals surface area contributed by atoms with Crippen molar-refractivity contribution < 1.29 is 206 Å². The molecule has 0 unspecified atom stereocenters. The molecule has 0 aliphatic carbocycles. The first kappa shape index (κ1) is 73.0. The molecule has 22 saturated heterocycles. The van der Waals surface area contributed by atoms with E-state index in [0.717, 1.165) is 0 Å². The number of hydrogen-bond acceptors (Lipinski definition) is 36. The zero-order valence-electron chi connectivity index (χ0n) is 46.7. The van der Waals surface area contributed by atoms with E-state index in [4.69, 9.17) is 85.3 Å². The average Bonchev–Trinajstić information content (AvgIpc) is 0.795. The van der Waals surface area contributed by atoms with Crippen LogP contribution in [0.4, 0.5) is 0 Å². The molecule has 18 N–H and O–H groups in total. The number of rotatable bonds is 24. The van der Waals surface area contributed by atoms with Crippen molar-refractivity contribution in [1.82, 2.24) is 0 Å². The van der Waals surface area contributed by atoms with Gasteiger partial charge >= 0.3 is 35.8 Å². The van der Waals surface area contributed by atoms with Gasteiger partial charge in [0.25, 0.3) is 0 Å². The van der Waals surface area contributed by atoms with E-state index >= 15 is 0 Å². The Labute approximate surface area is 504 Å². The van der Waals surface area contributed by atoms with E-state index in [0.29, 0.717) is 0 Å². The number of hydrogen-bond donors (Lipinski definition) is 18. The van der Waals surface area contributed by atoms with Crippen LogP contribution < -0.4 is 0 Å². The second-order valence-corrected chi connectivity index (χ2v) is 21.2. The van der Waals surface area contributed by atoms with E-state index in [-0.39, 0.29) is 0 Å². The van der Waals surface area contributed by atoms with Crippen LogP contribution >= 0.6 is 0 Å². The molecule has 90 heavy (non-hydrogen) atoms. The molecule has 0 radical (unpaired) electrons. The maximum atomic E-state index is 11.8. The van der Waals surface area contributed by atoms with Crippen molar-refractivity contribution in [3.05, 3.63) is 0 Å². The predicted molar refractivity (Wildman–Crippen MR) is 264 cm³/mol. The first-order valence-electron chi connectivity index (χ1n) is 27.4. The first-order chi connectivity index (χ1) is 42.6. The van der Waals surface area contributed by atoms with Crippen LogP contribution in [0.25, 0.3) is 0 Å². The summed E-state index contributed by atoms with van der Waals surface area (Å²) in [6, 6.07) is 0. The number of ether oxygens (including phenoxy) is 18. The topological polar surface area (TPSA) is 633 Å². The second kappa shape index (κ2) is 33.1. The smallest absolute Gasteiger partial charge is 0.329 e. The van der Waals surface area contributed by atoms with Gasteiger partial charge in [0.2, 0.25) is 0 Å². The molecular weight excluding hydrogens is 1250 g/mol. The van der Waals surface area contributed by atoms with Crippen LogP contribution in [0.3, 0.4) is 0 Å². The lowest BCUT2D eigenvalue weighted by atomic mass is 9.94. The Morgan fingerprint density at radius 3 is 0.444 bits per heavy atom. The lowest BCUT2D eigenvalue weighted by Gasteiger charge is -2.51. The van der Waals surface area contributed by atoms with Crippen molar-refractivity contribution in [1.29, 1.82) is 0 Å². The summed E-state index contributed by atoms with van der Waals surface area (Å²) in [5, 5.41) is 197. The van der Waals surface area contributed by atoms with Crippen molar-refractivity contribution in [2.45, 2.75) is 184 Å². The molecule has 0 aromatic heterocycles. The molecule has 22 fully saturated rings. The second-order valence-electron chi connectivity index (χ2n) is 21.2. The molecule has 22 heterocycles. The molecule has 22 aliphatic rings. The zero-order valence-corrected chi connectivity index (χ0v) is 46.7. The van der Waals surface area contributed by atoms with Gasteiger partial charge in [0.1, 0.15) is 186 Å². The van der Waals surface area contributed by atoms with Gasteiger partial charge in [-0.05, 0) is 0 Å². The highest BCUT2D eigenvalue weighted by molar-refractivity contribution is 5.69. The lowest BCUT2D eigenvalue weighted by Crippen LogP contribution is -2.69. The van der Waals surface area contributed by atoms with Gasteiger partial charge in [0.15, 0.2) is 37.7 Å². The summed E-state index contributed by atoms with van der Waals surface area (Å²) >= 11 is 0. The molecule has 0 spiro atoms. The zero-order chi connectivity index (χ0) is 66.0. The predicted octanol–water partition coefficient (Wildman–Crippen LogP) is -12.4. The summed E-state index contributed by atoms with van der Waals surface area (Å²) in [6.45, 7) is -12.0. The quantitative estimate of drug-likeness (QED) is 0.0427. The van der Waals surface area contributed by atoms with Crippen LogP contribution in [-0.4, -0.2) is 391 Å². The van der Waals surface area contributed by atoms with Gasteiger partial charge in [-0.15, -0.1) is 0 Å². The minimum atomic E-state index is -2.39. The first-order valence-corrected chi connectivity index (χ1v) is 27.4. The van der Waals surface area contributed by atoms with E-state index in [9.17, 15) is 121 Å². The highest BCUT2D eigenvalue weighted by Gasteiger charge is 2.59. The van der Waals surface area contributed by atoms with Gasteiger partial charge < -0.3 is 177 Å². The molecular formula is C48H72O42. The molecule has 42 nitrogen and oxygen atoms in total. The van der Waals surface area contributed by atoms with Crippen molar-refractivity contribution in [2.75, 3.05) is 79.3 Å². The van der Waals surface area contributed by atoms with Gasteiger partial charge in [0.05, 0.1) is 39.6 Å². The van der Waals surface area contributed by atoms with E-state index in [1.54, 1.807) is 0 Å². The fourth-order valence-corrected chi connectivity index (χ4v) is 10.4. The summed E-state index contributed by atoms with van der Waals surface area (Å²) < 4.78 is 102. The molecule has 12 bridgehead atoms. The van der Waals surface area contributed by atoms with Crippen molar-refractivity contribution >= 4 is 35.8 Å². The third kappa shape index (κ3) is 18.5. The van der Waals surface area contributed by atoms with E-state index < -0.39 is 299 Å². The monoisotopic (exact) mass is 1320 g/mol. The summed E-state index contributed by atoms with van der Waals surface area (Å²) in [6.07, 6.45) is -65.8. The standard InChI is InChI=1S/C48H72O42/c49-19(50)7-73-1-13-37-25(61)31(67)43(79-13)86-38-14(2-74-8-20(51)52)81-45(33(69)27(38)63)88-40-16(4-76-10-22(55)56)83-47(35(71)29(40)65)90-42-18(6-78-12-24(59)60)84-48(36(72)30(42)66)89-41-17(5-77-11-23(57)58)82-46(34(70)28(41)64)87-39-15(3-75-9-21(53)54)80-44(85-37)32(68)26(39)62/h13-18,25-48,61-72H,1-12H2,(H,49,50)(H,51,52)(H,53,54)(H,55,56)(H,57,58)(H,59,60)/t13-,14-,15-,16-,17-,18-,25-,26-,27-,28-,29-,30-,31-,32-,33-,34-,35-,36-,37-,38-,39-,40-,41-,42-,43-,44-,45-,46-,47-,48-/m1/s1. The van der Waals surface area contributed by atoms with Crippen LogP contribution in [0.1, 0.15) is 0 Å². The van der Waals surface area contributed by atoms with Crippen LogP contribution in [-0.2, 0) is 114 Å². The Morgan fingerprint density at radius 2 is 0.333 bits per heavy atom. The van der Waals surface area contributed by atoms with E-state index in [1.165, 1.54) is 0 Å². The van der Waals surface area contributed by atoms with Gasteiger partial charge in [-0.25, -0.2) is 28.8 Å². The molecule has 0 amide bonds. The number of aliphatic carboxylic acids is 6. The highest BCUT2D eigenvalue weighted by Crippen LogP contribution is 2.39. The van der Waals surface area contributed by atoms with Crippen LogP contribution in [0.5, 0.6) is 0 Å². The molecule has 516 valence electrons. The van der Waals surface area contributed by atoms with E-state index in [1.807, 2.05) is 0 Å². The molecule has 22 aliphatic heterocycles. The maximum Gasteiger partial charge on any atom is 0.329 e. The third-order valence-corrected chi connectivity index (χ3v) is 14.6. The van der Waals surface area contributed by atoms with Crippen LogP contribution in [0.15, 0.2) is 0 Å². The SMILES string of the molecule is O=C(O)COC[C@H]1O[C@@H]2O[C@H]3[C@H](O)[C@@H](O)[C@@H](O[C@H]4[C@H](O)[C@@H](O)[C@@H](O[C@H]5[C@H](O)[C@@H](O)[C@@H](O[C@H]6[C@H](O)[C@@H](O)[C@@H](O[C@H]7[C@H](O)[C@@H](O)[C@@H](O[C@H]1[C@H](O)[C@H]2O)O[C@@H]7COCC(=O)O)O[C@@H]6COCC(=O)O)O[C@@H]5COCC(=O)O)O[C@@H]4COCC(=O)O)O[C@@H]3COCC(=O)O. The number of carboxylic acids is 6. The lowest BCUT2D eigenvalue weighted by molar-refractivity contribution is -0.405. The minimum Gasteiger partial charge on any atom is -0.480 e. The minimum absolute atomic E-state index is 0.923. The van der Waals surface area contributed by atoms with Gasteiger partial charge in [0, 0.05) is 0 Å². The van der Waals surface area contributed by atoms with Gasteiger partial charge in [-0.1, -0.05) is 0 Å². The van der Waals surface area contributed by atoms with Crippen molar-refractivity contribution in [3.8, 4) is 0 Å². The number of carboxylic acid groups (broad SMARTS) is 6.